The second-order valence-electron chi connectivity index (χ2n) is 8.79. The molecule has 172 valence electrons. The molecule has 3 aromatic rings. The van der Waals surface area contributed by atoms with Crippen LogP contribution in [0.3, 0.4) is 0 Å². The molecular formula is C29H34N2O2. The largest absolute Gasteiger partial charge is 0.481 e. The molecular weight excluding hydrogens is 408 g/mol. The number of likely N-dealkylation sites (N-methyl/N-ethyl adjacent to an activating group) is 1. The summed E-state index contributed by atoms with van der Waals surface area (Å²) in [5.74, 6) is 0.698. The first-order chi connectivity index (χ1) is 16.1. The van der Waals surface area contributed by atoms with Gasteiger partial charge in [-0.05, 0) is 61.1 Å². The number of carbonyl (C=O) groups excluding carboxylic acids is 1. The minimum absolute atomic E-state index is 0.0570. The lowest BCUT2D eigenvalue weighted by atomic mass is 9.87. The van der Waals surface area contributed by atoms with E-state index in [-0.39, 0.29) is 11.9 Å². The fraction of sp³-hybridized carbons (Fsp3) is 0.345. The van der Waals surface area contributed by atoms with Crippen molar-refractivity contribution in [3.8, 4) is 5.75 Å². The molecule has 33 heavy (non-hydrogen) atoms. The Balaban J connectivity index is 1.68. The summed E-state index contributed by atoms with van der Waals surface area (Å²) < 4.78 is 6.17. The molecule has 1 amide bonds. The fourth-order valence-corrected chi connectivity index (χ4v) is 4.73. The van der Waals surface area contributed by atoms with E-state index >= 15 is 0 Å². The van der Waals surface area contributed by atoms with Crippen LogP contribution >= 0.6 is 0 Å². The summed E-state index contributed by atoms with van der Waals surface area (Å²) >= 11 is 0. The average molecular weight is 443 g/mol. The van der Waals surface area contributed by atoms with Crippen LogP contribution in [0.4, 0.5) is 0 Å². The predicted molar refractivity (Wildman–Crippen MR) is 133 cm³/mol. The maximum Gasteiger partial charge on any atom is 0.261 e. The van der Waals surface area contributed by atoms with Crippen LogP contribution in [-0.2, 0) is 17.8 Å². The Morgan fingerprint density at radius 1 is 1.06 bits per heavy atom. The van der Waals surface area contributed by atoms with Crippen molar-refractivity contribution in [3.05, 3.63) is 101 Å². The zero-order chi connectivity index (χ0) is 23.2. The van der Waals surface area contributed by atoms with Crippen molar-refractivity contribution in [3.63, 3.8) is 0 Å². The van der Waals surface area contributed by atoms with Gasteiger partial charge in [0.25, 0.3) is 5.91 Å². The Morgan fingerprint density at radius 2 is 1.88 bits per heavy atom. The minimum Gasteiger partial charge on any atom is -0.481 e. The molecule has 4 nitrogen and oxygen atoms in total. The van der Waals surface area contributed by atoms with Crippen LogP contribution in [0.15, 0.2) is 72.8 Å². The molecule has 0 spiro atoms. The second-order valence-corrected chi connectivity index (χ2v) is 8.79. The lowest BCUT2D eigenvalue weighted by molar-refractivity contribution is -0.128. The van der Waals surface area contributed by atoms with E-state index < -0.39 is 6.10 Å². The summed E-state index contributed by atoms with van der Waals surface area (Å²) in [7, 11) is 0. The summed E-state index contributed by atoms with van der Waals surface area (Å²) in [4.78, 5) is 14.9. The standard InChI is InChI=1S/C29H34N2O2/c1-4-27(29(32)30-5-2)33-25-15-14-23-16-17-31(20-22-11-9-10-21(3)18-22)28(26(23)19-25)24-12-7-6-8-13-24/h6-15,18-19,27-28H,4-5,16-17,20H2,1-3H3,(H,30,32)/t27-,28-/m0/s1. The lowest BCUT2D eigenvalue weighted by Crippen LogP contribution is -2.38. The maximum absolute atomic E-state index is 12.4. The highest BCUT2D eigenvalue weighted by Gasteiger charge is 2.29. The molecule has 1 heterocycles. The SMILES string of the molecule is CCNC(=O)[C@H](CC)Oc1ccc2c(c1)[C@H](c1ccccc1)N(Cc1cccc(C)c1)CC2. The third kappa shape index (κ3) is 5.45. The first-order valence-electron chi connectivity index (χ1n) is 12.0. The van der Waals surface area contributed by atoms with E-state index in [4.69, 9.17) is 4.74 Å². The van der Waals surface area contributed by atoms with Gasteiger partial charge in [-0.25, -0.2) is 0 Å². The van der Waals surface area contributed by atoms with Gasteiger partial charge in [0.1, 0.15) is 5.75 Å². The van der Waals surface area contributed by atoms with Crippen molar-refractivity contribution in [2.45, 2.75) is 52.3 Å². The Hall–Kier alpha value is -3.11. The van der Waals surface area contributed by atoms with Crippen LogP contribution in [-0.4, -0.2) is 30.0 Å². The smallest absolute Gasteiger partial charge is 0.261 e. The highest BCUT2D eigenvalue weighted by Crippen LogP contribution is 2.38. The molecule has 0 aliphatic carbocycles. The molecule has 1 aliphatic rings. The lowest BCUT2D eigenvalue weighted by Gasteiger charge is -2.38. The Bertz CT molecular complexity index is 1080. The zero-order valence-corrected chi connectivity index (χ0v) is 19.9. The van der Waals surface area contributed by atoms with E-state index in [1.807, 2.05) is 19.9 Å². The highest BCUT2D eigenvalue weighted by molar-refractivity contribution is 5.81. The minimum atomic E-state index is -0.481. The summed E-state index contributed by atoms with van der Waals surface area (Å²) in [6.45, 7) is 8.55. The van der Waals surface area contributed by atoms with Crippen molar-refractivity contribution in [1.82, 2.24) is 10.2 Å². The number of nitrogens with zero attached hydrogens (tertiary/aromatic N) is 1. The summed E-state index contributed by atoms with van der Waals surface area (Å²) in [6.07, 6.45) is 1.15. The molecule has 1 N–H and O–H groups in total. The third-order valence-corrected chi connectivity index (χ3v) is 6.32. The highest BCUT2D eigenvalue weighted by atomic mass is 16.5. The van der Waals surface area contributed by atoms with Crippen molar-refractivity contribution in [2.75, 3.05) is 13.1 Å². The van der Waals surface area contributed by atoms with Crippen molar-refractivity contribution >= 4 is 5.91 Å². The summed E-state index contributed by atoms with van der Waals surface area (Å²) in [5.41, 5.74) is 6.51. The van der Waals surface area contributed by atoms with E-state index in [2.05, 4.69) is 83.9 Å². The number of ether oxygens (including phenoxy) is 1. The van der Waals surface area contributed by atoms with Gasteiger partial charge in [-0.1, -0.05) is 73.2 Å². The monoisotopic (exact) mass is 442 g/mol. The number of carbonyl (C=O) groups is 1. The average Bonchev–Trinajstić information content (AvgIpc) is 2.83. The van der Waals surface area contributed by atoms with Gasteiger partial charge in [0, 0.05) is 19.6 Å². The molecule has 0 aromatic heterocycles. The molecule has 0 unspecified atom stereocenters. The van der Waals surface area contributed by atoms with Crippen LogP contribution in [0.25, 0.3) is 0 Å². The molecule has 0 bridgehead atoms. The molecule has 0 saturated carbocycles. The van der Waals surface area contributed by atoms with Crippen LogP contribution in [0.5, 0.6) is 5.75 Å². The Morgan fingerprint density at radius 3 is 2.61 bits per heavy atom. The fourth-order valence-electron chi connectivity index (χ4n) is 4.73. The molecule has 0 radical (unpaired) electrons. The second kappa shape index (κ2) is 10.7. The van der Waals surface area contributed by atoms with Gasteiger partial charge in [0.15, 0.2) is 6.10 Å². The van der Waals surface area contributed by atoms with Gasteiger partial charge in [-0.3, -0.25) is 9.69 Å². The molecule has 0 fully saturated rings. The Labute approximate surface area is 197 Å². The van der Waals surface area contributed by atoms with E-state index in [1.165, 1.54) is 27.8 Å². The zero-order valence-electron chi connectivity index (χ0n) is 19.9. The molecule has 2 atom stereocenters. The molecule has 0 saturated heterocycles. The van der Waals surface area contributed by atoms with Crippen LogP contribution < -0.4 is 10.1 Å². The predicted octanol–water partition coefficient (Wildman–Crippen LogP) is 5.44. The first-order valence-corrected chi connectivity index (χ1v) is 12.0. The topological polar surface area (TPSA) is 41.6 Å². The van der Waals surface area contributed by atoms with Gasteiger partial charge in [-0.2, -0.15) is 0 Å². The molecule has 3 aromatic carbocycles. The molecule has 4 rings (SSSR count). The molecule has 4 heteroatoms. The number of rotatable bonds is 8. The van der Waals surface area contributed by atoms with Crippen molar-refractivity contribution < 1.29 is 9.53 Å². The maximum atomic E-state index is 12.4. The number of hydrogen-bond donors (Lipinski definition) is 1. The van der Waals surface area contributed by atoms with E-state index in [9.17, 15) is 4.79 Å². The Kier molecular flexibility index (Phi) is 7.46. The van der Waals surface area contributed by atoms with E-state index in [0.717, 1.165) is 25.3 Å². The van der Waals surface area contributed by atoms with Gasteiger partial charge < -0.3 is 10.1 Å². The normalized spacial score (nSPS) is 16.6. The van der Waals surface area contributed by atoms with E-state index in [1.54, 1.807) is 0 Å². The number of hydrogen-bond acceptors (Lipinski definition) is 3. The van der Waals surface area contributed by atoms with Crippen molar-refractivity contribution in [1.29, 1.82) is 0 Å². The number of aryl methyl sites for hydroxylation is 1. The van der Waals surface area contributed by atoms with Crippen LogP contribution in [0.2, 0.25) is 0 Å². The summed E-state index contributed by atoms with van der Waals surface area (Å²) in [5, 5.41) is 2.88. The van der Waals surface area contributed by atoms with Gasteiger partial charge >= 0.3 is 0 Å². The van der Waals surface area contributed by atoms with Crippen LogP contribution in [0, 0.1) is 6.92 Å². The van der Waals surface area contributed by atoms with E-state index in [0.29, 0.717) is 13.0 Å². The first kappa shape index (κ1) is 23.1. The number of benzene rings is 3. The summed E-state index contributed by atoms with van der Waals surface area (Å²) in [6, 6.07) is 25.9. The number of amides is 1. The number of fused-ring (bicyclic) bond motifs is 1. The van der Waals surface area contributed by atoms with Crippen LogP contribution in [0.1, 0.15) is 54.1 Å². The van der Waals surface area contributed by atoms with Gasteiger partial charge in [0.2, 0.25) is 0 Å². The van der Waals surface area contributed by atoms with Gasteiger partial charge in [0.05, 0.1) is 6.04 Å². The van der Waals surface area contributed by atoms with Crippen molar-refractivity contribution in [2.24, 2.45) is 0 Å². The van der Waals surface area contributed by atoms with Gasteiger partial charge in [-0.15, -0.1) is 0 Å². The molecule has 1 aliphatic heterocycles. The quantitative estimate of drug-likeness (QED) is 0.505. The third-order valence-electron chi connectivity index (χ3n) is 6.32. The number of nitrogens with one attached hydrogen (secondary N) is 1.